The van der Waals surface area contributed by atoms with Crippen molar-refractivity contribution in [1.29, 1.82) is 0 Å². The lowest BCUT2D eigenvalue weighted by molar-refractivity contribution is -0.140. The molecule has 146 valence electrons. The number of ether oxygens (including phenoxy) is 1. The second-order valence-corrected chi connectivity index (χ2v) is 7.68. The third-order valence-electron chi connectivity index (χ3n) is 6.00. The van der Waals surface area contributed by atoms with Crippen LogP contribution in [0.25, 0.3) is 0 Å². The Kier molecular flexibility index (Phi) is 4.27. The number of fused-ring (bicyclic) bond motifs is 5. The van der Waals surface area contributed by atoms with Crippen molar-refractivity contribution in [3.63, 3.8) is 0 Å². The summed E-state index contributed by atoms with van der Waals surface area (Å²) in [5.74, 6) is -0.246. The Morgan fingerprint density at radius 1 is 1.00 bits per heavy atom. The maximum atomic E-state index is 13.6. The monoisotopic (exact) mass is 390 g/mol. The van der Waals surface area contributed by atoms with Crippen molar-refractivity contribution in [2.75, 3.05) is 0 Å². The van der Waals surface area contributed by atoms with E-state index in [9.17, 15) is 14.0 Å². The summed E-state index contributed by atoms with van der Waals surface area (Å²) in [4.78, 5) is 25.2. The van der Waals surface area contributed by atoms with Crippen molar-refractivity contribution in [2.45, 2.75) is 13.0 Å². The van der Waals surface area contributed by atoms with Gasteiger partial charge in [0.05, 0.1) is 18.1 Å². The minimum atomic E-state index is -0.301. The van der Waals surface area contributed by atoms with Gasteiger partial charge in [0.2, 0.25) is 0 Å². The Balaban J connectivity index is 1.23. The van der Waals surface area contributed by atoms with Crippen LogP contribution in [0, 0.1) is 29.5 Å². The fourth-order valence-electron chi connectivity index (χ4n) is 4.55. The third kappa shape index (κ3) is 3.05. The molecule has 0 radical (unpaired) electrons. The highest BCUT2D eigenvalue weighted by Gasteiger charge is 2.59. The first-order chi connectivity index (χ1) is 14.1. The topological polar surface area (TPSA) is 59.0 Å². The van der Waals surface area contributed by atoms with Crippen LogP contribution in [0.5, 0.6) is 5.75 Å². The van der Waals surface area contributed by atoms with Gasteiger partial charge in [0, 0.05) is 5.56 Å². The largest absolute Gasteiger partial charge is 0.489 e. The van der Waals surface area contributed by atoms with Crippen molar-refractivity contribution < 1.29 is 18.7 Å². The van der Waals surface area contributed by atoms with Gasteiger partial charge >= 0.3 is 0 Å². The number of allylic oxidation sites excluding steroid dienone is 2. The first-order valence-electron chi connectivity index (χ1n) is 9.68. The molecule has 0 N–H and O–H groups in total. The smallest absolute Gasteiger partial charge is 0.254 e. The molecule has 5 rings (SSSR count). The number of benzene rings is 2. The minimum Gasteiger partial charge on any atom is -0.489 e. The Bertz CT molecular complexity index is 1000. The standard InChI is InChI=1S/C23H19FN2O3/c24-19-4-2-1-3-17(19)13-29-18-9-5-14(6-10-18)12-25-26-22(27)20-15-7-8-16(11-15)21(20)23(26)28/h1-10,12,15-16,20-21H,11,13H2. The molecular formula is C23H19FN2O3. The Morgan fingerprint density at radius 3 is 2.31 bits per heavy atom. The van der Waals surface area contributed by atoms with E-state index >= 15 is 0 Å². The van der Waals surface area contributed by atoms with Crippen LogP contribution in [-0.4, -0.2) is 23.0 Å². The summed E-state index contributed by atoms with van der Waals surface area (Å²) in [6.07, 6.45) is 6.53. The van der Waals surface area contributed by atoms with Gasteiger partial charge in [-0.2, -0.15) is 10.1 Å². The molecule has 6 heteroatoms. The third-order valence-corrected chi connectivity index (χ3v) is 6.00. The average Bonchev–Trinajstić information content (AvgIpc) is 3.41. The zero-order valence-electron chi connectivity index (χ0n) is 15.6. The zero-order chi connectivity index (χ0) is 20.0. The maximum absolute atomic E-state index is 13.6. The lowest BCUT2D eigenvalue weighted by atomic mass is 9.85. The van der Waals surface area contributed by atoms with Crippen molar-refractivity contribution in [2.24, 2.45) is 28.8 Å². The summed E-state index contributed by atoms with van der Waals surface area (Å²) in [6, 6.07) is 13.5. The van der Waals surface area contributed by atoms with Gasteiger partial charge in [-0.3, -0.25) is 9.59 Å². The summed E-state index contributed by atoms with van der Waals surface area (Å²) in [6.45, 7) is 0.135. The number of carbonyl (C=O) groups excluding carboxylic acids is 2. The highest BCUT2D eigenvalue weighted by atomic mass is 19.1. The molecule has 1 saturated carbocycles. The van der Waals surface area contributed by atoms with Gasteiger partial charge in [-0.1, -0.05) is 30.4 Å². The van der Waals surface area contributed by atoms with Crippen molar-refractivity contribution in [1.82, 2.24) is 5.01 Å². The molecule has 4 atom stereocenters. The maximum Gasteiger partial charge on any atom is 0.254 e. The number of carbonyl (C=O) groups is 2. The normalized spacial score (nSPS) is 27.3. The predicted octanol–water partition coefficient (Wildman–Crippen LogP) is 3.55. The molecule has 0 aromatic heterocycles. The van der Waals surface area contributed by atoms with Crippen LogP contribution in [0.4, 0.5) is 4.39 Å². The van der Waals surface area contributed by atoms with Gasteiger partial charge in [0.15, 0.2) is 0 Å². The molecule has 1 saturated heterocycles. The van der Waals surface area contributed by atoms with Crippen LogP contribution in [0.3, 0.4) is 0 Å². The van der Waals surface area contributed by atoms with Gasteiger partial charge < -0.3 is 4.74 Å². The van der Waals surface area contributed by atoms with Crippen LogP contribution in [0.2, 0.25) is 0 Å². The molecule has 2 aromatic rings. The van der Waals surface area contributed by atoms with E-state index in [1.165, 1.54) is 12.3 Å². The van der Waals surface area contributed by atoms with Gasteiger partial charge in [0.25, 0.3) is 11.8 Å². The molecule has 1 aliphatic heterocycles. The van der Waals surface area contributed by atoms with Gasteiger partial charge in [0.1, 0.15) is 18.2 Å². The fraction of sp³-hybridized carbons (Fsp3) is 0.261. The second kappa shape index (κ2) is 6.95. The first kappa shape index (κ1) is 17.8. The quantitative estimate of drug-likeness (QED) is 0.446. The molecule has 2 aliphatic carbocycles. The highest BCUT2D eigenvalue weighted by Crippen LogP contribution is 2.52. The summed E-state index contributed by atoms with van der Waals surface area (Å²) in [5, 5.41) is 5.19. The summed E-state index contributed by atoms with van der Waals surface area (Å²) >= 11 is 0. The van der Waals surface area contributed by atoms with Crippen LogP contribution in [-0.2, 0) is 16.2 Å². The van der Waals surface area contributed by atoms with E-state index in [-0.39, 0.29) is 47.9 Å². The average molecular weight is 390 g/mol. The van der Waals surface area contributed by atoms with Gasteiger partial charge in [-0.05, 0) is 54.2 Å². The number of amides is 2. The fourth-order valence-corrected chi connectivity index (χ4v) is 4.55. The van der Waals surface area contributed by atoms with Gasteiger partial charge in [-0.25, -0.2) is 4.39 Å². The number of nitrogens with zero attached hydrogens (tertiary/aromatic N) is 2. The van der Waals surface area contributed by atoms with Crippen LogP contribution >= 0.6 is 0 Å². The lowest BCUT2D eigenvalue weighted by Crippen LogP contribution is -2.28. The lowest BCUT2D eigenvalue weighted by Gasteiger charge is -2.13. The molecule has 2 amide bonds. The predicted molar refractivity (Wildman–Crippen MR) is 104 cm³/mol. The highest BCUT2D eigenvalue weighted by molar-refractivity contribution is 6.06. The van der Waals surface area contributed by atoms with E-state index < -0.39 is 0 Å². The Morgan fingerprint density at radius 2 is 1.66 bits per heavy atom. The molecule has 2 aromatic carbocycles. The van der Waals surface area contributed by atoms with E-state index in [1.807, 2.05) is 0 Å². The molecule has 29 heavy (non-hydrogen) atoms. The number of hydrogen-bond donors (Lipinski definition) is 0. The number of hydrazone groups is 1. The molecule has 4 unspecified atom stereocenters. The van der Waals surface area contributed by atoms with Crippen LogP contribution < -0.4 is 4.74 Å². The number of halogens is 1. The van der Waals surface area contributed by atoms with Crippen molar-refractivity contribution in [3.05, 3.63) is 77.6 Å². The van der Waals surface area contributed by atoms with Crippen LogP contribution in [0.15, 0.2) is 65.8 Å². The van der Waals surface area contributed by atoms with E-state index in [0.29, 0.717) is 11.3 Å². The van der Waals surface area contributed by atoms with E-state index in [1.54, 1.807) is 42.5 Å². The van der Waals surface area contributed by atoms with E-state index in [2.05, 4.69) is 17.3 Å². The SMILES string of the molecule is O=C1C2C3C=CC(C3)C2C(=O)N1N=Cc1ccc(OCc2ccccc2F)cc1. The summed E-state index contributed by atoms with van der Waals surface area (Å²) in [7, 11) is 0. The van der Waals surface area contributed by atoms with Crippen molar-refractivity contribution >= 4 is 18.0 Å². The first-order valence-corrected chi connectivity index (χ1v) is 9.68. The Hall–Kier alpha value is -3.28. The number of imide groups is 1. The Labute approximate surface area is 167 Å². The number of hydrogen-bond acceptors (Lipinski definition) is 4. The second-order valence-electron chi connectivity index (χ2n) is 7.68. The van der Waals surface area contributed by atoms with E-state index in [4.69, 9.17) is 4.74 Å². The molecular weight excluding hydrogens is 371 g/mol. The van der Waals surface area contributed by atoms with Crippen molar-refractivity contribution in [3.8, 4) is 5.75 Å². The molecule has 1 heterocycles. The van der Waals surface area contributed by atoms with Gasteiger partial charge in [-0.15, -0.1) is 0 Å². The summed E-state index contributed by atoms with van der Waals surface area (Å²) < 4.78 is 19.3. The number of rotatable bonds is 5. The molecule has 5 nitrogen and oxygen atoms in total. The summed E-state index contributed by atoms with van der Waals surface area (Å²) in [5.41, 5.74) is 1.22. The zero-order valence-corrected chi connectivity index (χ0v) is 15.6. The molecule has 3 aliphatic rings. The molecule has 2 fully saturated rings. The molecule has 0 spiro atoms. The van der Waals surface area contributed by atoms with E-state index in [0.717, 1.165) is 17.0 Å². The molecule has 2 bridgehead atoms. The minimum absolute atomic E-state index is 0.135. The van der Waals surface area contributed by atoms with Crippen LogP contribution in [0.1, 0.15) is 17.5 Å².